The lowest BCUT2D eigenvalue weighted by Crippen LogP contribution is -2.54. The Morgan fingerprint density at radius 2 is 1.86 bits per heavy atom. The lowest BCUT2D eigenvalue weighted by molar-refractivity contribution is -0.136. The first kappa shape index (κ1) is 38.4. The number of hydrogen-bond donors (Lipinski definition) is 5. The number of likely N-dealkylation sites (tertiary alicyclic amines) is 1. The van der Waals surface area contributed by atoms with Crippen LogP contribution in [-0.4, -0.2) is 110 Å². The number of rotatable bonds is 15. The van der Waals surface area contributed by atoms with Crippen LogP contribution < -0.4 is 21.3 Å². The third-order valence-corrected chi connectivity index (χ3v) is 10.9. The largest absolute Gasteiger partial charge is 0.382 e. The minimum atomic E-state index is -1.04. The highest BCUT2D eigenvalue weighted by Crippen LogP contribution is 2.32. The first-order valence-corrected chi connectivity index (χ1v) is 19.6. The third kappa shape index (κ3) is 8.03. The van der Waals surface area contributed by atoms with E-state index >= 15 is 0 Å². The van der Waals surface area contributed by atoms with Gasteiger partial charge in [-0.05, 0) is 81.3 Å². The molecule has 0 saturated carbocycles. The summed E-state index contributed by atoms with van der Waals surface area (Å²) in [5.74, 6) is -1.78. The zero-order chi connectivity index (χ0) is 40.3. The first-order chi connectivity index (χ1) is 28.1. The summed E-state index contributed by atoms with van der Waals surface area (Å²) in [7, 11) is 0. The number of aromatic nitrogens is 4. The summed E-state index contributed by atoms with van der Waals surface area (Å²) in [5, 5.41) is 16.4. The Bertz CT molecular complexity index is 2440. The van der Waals surface area contributed by atoms with E-state index in [0.29, 0.717) is 42.6 Å². The van der Waals surface area contributed by atoms with Gasteiger partial charge in [-0.15, -0.1) is 0 Å². The molecule has 58 heavy (non-hydrogen) atoms. The van der Waals surface area contributed by atoms with Crippen LogP contribution in [-0.2, 0) is 32.2 Å². The average molecular weight is 789 g/mol. The van der Waals surface area contributed by atoms with Crippen LogP contribution in [0.5, 0.6) is 0 Å². The van der Waals surface area contributed by atoms with Gasteiger partial charge in [0.2, 0.25) is 17.7 Å². The number of aromatic amines is 1. The maximum absolute atomic E-state index is 13.3. The summed E-state index contributed by atoms with van der Waals surface area (Å²) < 4.78 is 7.40. The monoisotopic (exact) mass is 788 g/mol. The van der Waals surface area contributed by atoms with Gasteiger partial charge in [0.15, 0.2) is 0 Å². The number of carbonyl (C=O) groups excluding carboxylic acids is 6. The highest BCUT2D eigenvalue weighted by atomic mass is 16.5. The maximum atomic E-state index is 13.3. The number of piperidine rings is 1. The molecular weight excluding hydrogens is 745 g/mol. The highest BCUT2D eigenvalue weighted by Gasteiger charge is 2.45. The number of H-pyrrole nitrogens is 1. The Labute approximate surface area is 332 Å². The molecule has 2 aromatic heterocycles. The molecule has 8 rings (SSSR count). The number of nitrogens with zero attached hydrogens (tertiary/aromatic N) is 5. The Morgan fingerprint density at radius 1 is 0.983 bits per heavy atom. The van der Waals surface area contributed by atoms with Gasteiger partial charge in [-0.3, -0.25) is 48.6 Å². The number of nitrogens with one attached hydrogen (secondary N) is 5. The SMILES string of the molecule is CC1CCCN1Cc1nc2cc(NC(=O)c3ccc4c(cnn4CCNC(=O)CCOCCNc4cccc5c4C(=O)N(C4CCC(=O)NC4=O)C5=O)c3)ccc2[nH]1. The van der Waals surface area contributed by atoms with Gasteiger partial charge in [0, 0.05) is 54.3 Å². The van der Waals surface area contributed by atoms with Gasteiger partial charge < -0.3 is 25.7 Å². The Morgan fingerprint density at radius 3 is 2.69 bits per heavy atom. The van der Waals surface area contributed by atoms with Crippen molar-refractivity contribution in [2.24, 2.45) is 0 Å². The second-order valence-corrected chi connectivity index (χ2v) is 14.8. The molecule has 3 aromatic carbocycles. The molecule has 2 saturated heterocycles. The van der Waals surface area contributed by atoms with Gasteiger partial charge in [0.25, 0.3) is 17.7 Å². The van der Waals surface area contributed by atoms with Crippen molar-refractivity contribution < 1.29 is 33.5 Å². The number of imidazole rings is 1. The molecule has 5 N–H and O–H groups in total. The molecule has 3 aliphatic heterocycles. The number of hydrogen-bond acceptors (Lipinski definition) is 11. The molecule has 6 amide bonds. The van der Waals surface area contributed by atoms with E-state index in [4.69, 9.17) is 9.72 Å². The third-order valence-electron chi connectivity index (χ3n) is 10.9. The smallest absolute Gasteiger partial charge is 0.264 e. The average Bonchev–Trinajstić information content (AvgIpc) is 3.98. The molecule has 0 spiro atoms. The van der Waals surface area contributed by atoms with E-state index in [9.17, 15) is 28.8 Å². The number of benzene rings is 3. The standard InChI is InChI=1S/C41H44N10O7/c1-24-4-3-16-49(24)23-34-46-29-9-8-27(21-31(29)47-34)45-38(54)25-7-10-32-26(20-25)22-44-50(32)17-14-43-35(52)13-18-58-19-15-42-30-6-2-5-28-37(30)41(57)51(40(28)56)33-11-12-36(53)48-39(33)55/h2,5-10,20-22,24,33,42H,3-4,11-19,23H2,1H3,(H,43,52)(H,45,54)(H,46,47)(H,48,53,55). The number of imide groups is 2. The maximum Gasteiger partial charge on any atom is 0.264 e. The predicted molar refractivity (Wildman–Crippen MR) is 213 cm³/mol. The van der Waals surface area contributed by atoms with Crippen LogP contribution in [0.1, 0.15) is 75.9 Å². The molecule has 0 aliphatic carbocycles. The molecule has 2 fully saturated rings. The van der Waals surface area contributed by atoms with Crippen LogP contribution in [0.3, 0.4) is 0 Å². The second kappa shape index (κ2) is 16.6. The Balaban J connectivity index is 0.754. The lowest BCUT2D eigenvalue weighted by Gasteiger charge is -2.27. The molecule has 0 radical (unpaired) electrons. The van der Waals surface area contributed by atoms with Crippen molar-refractivity contribution in [1.82, 2.24) is 40.2 Å². The molecule has 2 unspecified atom stereocenters. The van der Waals surface area contributed by atoms with Gasteiger partial charge in [-0.1, -0.05) is 6.07 Å². The van der Waals surface area contributed by atoms with Crippen LogP contribution in [0, 0.1) is 0 Å². The van der Waals surface area contributed by atoms with E-state index in [0.717, 1.165) is 45.8 Å². The number of fused-ring (bicyclic) bond motifs is 3. The van der Waals surface area contributed by atoms with Crippen LogP contribution in [0.4, 0.5) is 11.4 Å². The number of anilines is 2. The highest BCUT2D eigenvalue weighted by molar-refractivity contribution is 6.25. The van der Waals surface area contributed by atoms with Crippen molar-refractivity contribution in [3.63, 3.8) is 0 Å². The second-order valence-electron chi connectivity index (χ2n) is 14.8. The Hall–Kier alpha value is -6.46. The van der Waals surface area contributed by atoms with Crippen molar-refractivity contribution in [2.45, 2.75) is 64.2 Å². The summed E-state index contributed by atoms with van der Waals surface area (Å²) in [6.45, 7) is 5.57. The quantitative estimate of drug-likeness (QED) is 0.0768. The fourth-order valence-corrected chi connectivity index (χ4v) is 7.82. The Kier molecular flexibility index (Phi) is 11.0. The minimum absolute atomic E-state index is 0.0434. The van der Waals surface area contributed by atoms with E-state index in [1.807, 2.05) is 24.3 Å². The topological polar surface area (TPSA) is 213 Å². The van der Waals surface area contributed by atoms with E-state index in [2.05, 4.69) is 43.2 Å². The molecule has 5 aromatic rings. The molecular formula is C41H44N10O7. The van der Waals surface area contributed by atoms with E-state index in [-0.39, 0.29) is 55.4 Å². The molecule has 17 heteroatoms. The van der Waals surface area contributed by atoms with Crippen molar-refractivity contribution in [1.29, 1.82) is 0 Å². The predicted octanol–water partition coefficient (Wildman–Crippen LogP) is 3.19. The van der Waals surface area contributed by atoms with Crippen molar-refractivity contribution in [3.8, 4) is 0 Å². The van der Waals surface area contributed by atoms with Crippen molar-refractivity contribution in [2.75, 3.05) is 43.5 Å². The molecule has 300 valence electrons. The van der Waals surface area contributed by atoms with Gasteiger partial charge in [-0.25, -0.2) is 4.98 Å². The van der Waals surface area contributed by atoms with Gasteiger partial charge in [0.1, 0.15) is 11.9 Å². The van der Waals surface area contributed by atoms with E-state index < -0.39 is 29.7 Å². The van der Waals surface area contributed by atoms with E-state index in [1.54, 1.807) is 35.1 Å². The molecule has 17 nitrogen and oxygen atoms in total. The number of carbonyl (C=O) groups is 6. The lowest BCUT2D eigenvalue weighted by atomic mass is 10.0. The van der Waals surface area contributed by atoms with Crippen LogP contribution in [0.2, 0.25) is 0 Å². The van der Waals surface area contributed by atoms with Crippen LogP contribution in [0.15, 0.2) is 60.8 Å². The molecule has 3 aliphatic rings. The van der Waals surface area contributed by atoms with Crippen LogP contribution >= 0.6 is 0 Å². The summed E-state index contributed by atoms with van der Waals surface area (Å²) in [6, 6.07) is 15.4. The summed E-state index contributed by atoms with van der Waals surface area (Å²) in [5.41, 5.74) is 4.50. The molecule has 2 atom stereocenters. The summed E-state index contributed by atoms with van der Waals surface area (Å²) >= 11 is 0. The summed E-state index contributed by atoms with van der Waals surface area (Å²) in [6.07, 6.45) is 4.37. The van der Waals surface area contributed by atoms with Crippen molar-refractivity contribution in [3.05, 3.63) is 83.3 Å². The zero-order valence-electron chi connectivity index (χ0n) is 32.0. The fraction of sp³-hybridized carbons (Fsp3) is 0.366. The number of ether oxygens (including phenoxy) is 1. The van der Waals surface area contributed by atoms with Crippen molar-refractivity contribution >= 4 is 68.8 Å². The van der Waals surface area contributed by atoms with E-state index in [1.165, 1.54) is 18.9 Å². The number of amides is 6. The fourth-order valence-electron chi connectivity index (χ4n) is 7.82. The minimum Gasteiger partial charge on any atom is -0.382 e. The van der Waals surface area contributed by atoms with Gasteiger partial charge in [0.05, 0.1) is 60.2 Å². The molecule has 0 bridgehead atoms. The molecule has 5 heterocycles. The van der Waals surface area contributed by atoms with Gasteiger partial charge in [-0.2, -0.15) is 5.10 Å². The zero-order valence-corrected chi connectivity index (χ0v) is 32.0. The summed E-state index contributed by atoms with van der Waals surface area (Å²) in [4.78, 5) is 87.4. The van der Waals surface area contributed by atoms with Gasteiger partial charge >= 0.3 is 0 Å². The first-order valence-electron chi connectivity index (χ1n) is 19.6. The van der Waals surface area contributed by atoms with Crippen LogP contribution in [0.25, 0.3) is 21.9 Å². The normalized spacial score (nSPS) is 18.3.